The van der Waals surface area contributed by atoms with Crippen molar-refractivity contribution in [2.24, 2.45) is 0 Å². The van der Waals surface area contributed by atoms with Gasteiger partial charge in [-0.1, -0.05) is 164 Å². The smallest absolute Gasteiger partial charge is 0.171 e. The maximum Gasteiger partial charge on any atom is 0.171 e. The predicted molar refractivity (Wildman–Crippen MR) is 199 cm³/mol. The van der Waals surface area contributed by atoms with Crippen molar-refractivity contribution < 1.29 is 4.57 Å². The fourth-order valence-electron chi connectivity index (χ4n) is 7.40. The van der Waals surface area contributed by atoms with E-state index >= 15 is 4.57 Å². The Morgan fingerprint density at radius 3 is 1.33 bits per heavy atom. The van der Waals surface area contributed by atoms with Gasteiger partial charge in [-0.25, -0.2) is 0 Å². The monoisotopic (exact) mass is 604 g/mol. The molecule has 9 rings (SSSR count). The zero-order valence-corrected chi connectivity index (χ0v) is 26.0. The third-order valence-electron chi connectivity index (χ3n) is 9.52. The molecule has 2 heteroatoms. The van der Waals surface area contributed by atoms with Crippen molar-refractivity contribution in [2.45, 2.75) is 0 Å². The highest BCUT2D eigenvalue weighted by Gasteiger charge is 2.32. The van der Waals surface area contributed by atoms with Crippen LogP contribution in [-0.2, 0) is 4.57 Å². The van der Waals surface area contributed by atoms with Gasteiger partial charge in [-0.15, -0.1) is 0 Å². The Hall–Kier alpha value is -5.49. The molecule has 0 aromatic heterocycles. The van der Waals surface area contributed by atoms with Gasteiger partial charge in [0.1, 0.15) is 0 Å². The van der Waals surface area contributed by atoms with E-state index in [-0.39, 0.29) is 0 Å². The Kier molecular flexibility index (Phi) is 6.17. The summed E-state index contributed by atoms with van der Waals surface area (Å²) in [7, 11) is -3.19. The molecule has 0 heterocycles. The Bertz CT molecular complexity index is 2520. The second-order valence-electron chi connectivity index (χ2n) is 12.0. The molecule has 0 N–H and O–H groups in total. The standard InChI is InChI=1S/C44H29OP/c45-46(32-15-3-1-4-16-32,33-17-5-2-6-18-33)43-28-27-38(36-21-11-12-22-37(36)43)44-39-25-23-30-13-7-9-19-34(30)41(39)29-42-35-20-10-8-14-31(35)24-26-40(42)44/h1-29H. The number of hydrogen-bond acceptors (Lipinski definition) is 1. The minimum Gasteiger partial charge on any atom is -0.309 e. The third kappa shape index (κ3) is 3.99. The minimum atomic E-state index is -3.19. The summed E-state index contributed by atoms with van der Waals surface area (Å²) in [6.07, 6.45) is 0. The maximum atomic E-state index is 15.6. The molecule has 0 unspecified atom stereocenters. The van der Waals surface area contributed by atoms with E-state index in [0.29, 0.717) is 0 Å². The van der Waals surface area contributed by atoms with Crippen LogP contribution in [0.25, 0.3) is 65.0 Å². The Balaban J connectivity index is 1.43. The molecule has 9 aromatic rings. The Morgan fingerprint density at radius 1 is 0.326 bits per heavy atom. The van der Waals surface area contributed by atoms with Crippen LogP contribution in [0.15, 0.2) is 176 Å². The van der Waals surface area contributed by atoms with E-state index in [4.69, 9.17) is 0 Å². The quantitative estimate of drug-likeness (QED) is 0.111. The van der Waals surface area contributed by atoms with Crippen LogP contribution in [0.2, 0.25) is 0 Å². The summed E-state index contributed by atoms with van der Waals surface area (Å²) >= 11 is 0. The molecular weight excluding hydrogens is 575 g/mol. The Labute approximate surface area is 267 Å². The summed E-state index contributed by atoms with van der Waals surface area (Å²) in [5.41, 5.74) is 2.36. The minimum absolute atomic E-state index is 0.840. The molecule has 0 spiro atoms. The summed E-state index contributed by atoms with van der Waals surface area (Å²) < 4.78 is 15.6. The summed E-state index contributed by atoms with van der Waals surface area (Å²) in [5.74, 6) is 0. The average Bonchev–Trinajstić information content (AvgIpc) is 3.14. The van der Waals surface area contributed by atoms with E-state index in [9.17, 15) is 0 Å². The van der Waals surface area contributed by atoms with E-state index in [0.717, 1.165) is 32.2 Å². The number of benzene rings is 9. The van der Waals surface area contributed by atoms with Gasteiger partial charge in [0.15, 0.2) is 7.14 Å². The first-order valence-electron chi connectivity index (χ1n) is 15.7. The van der Waals surface area contributed by atoms with Gasteiger partial charge in [-0.3, -0.25) is 0 Å². The first-order chi connectivity index (χ1) is 22.7. The summed E-state index contributed by atoms with van der Waals surface area (Å²) in [4.78, 5) is 0. The normalized spacial score (nSPS) is 12.0. The van der Waals surface area contributed by atoms with Gasteiger partial charge in [0.2, 0.25) is 0 Å². The van der Waals surface area contributed by atoms with Gasteiger partial charge in [-0.05, 0) is 77.1 Å². The molecular formula is C44H29OP. The molecule has 216 valence electrons. The van der Waals surface area contributed by atoms with Gasteiger partial charge in [0, 0.05) is 15.9 Å². The topological polar surface area (TPSA) is 17.1 Å². The number of fused-ring (bicyclic) bond motifs is 7. The van der Waals surface area contributed by atoms with Crippen LogP contribution in [0, 0.1) is 0 Å². The molecule has 0 fully saturated rings. The largest absolute Gasteiger partial charge is 0.309 e. The van der Waals surface area contributed by atoms with Gasteiger partial charge in [-0.2, -0.15) is 0 Å². The van der Waals surface area contributed by atoms with Crippen LogP contribution in [0.5, 0.6) is 0 Å². The lowest BCUT2D eigenvalue weighted by molar-refractivity contribution is 0.592. The highest BCUT2D eigenvalue weighted by Crippen LogP contribution is 2.48. The van der Waals surface area contributed by atoms with Crippen molar-refractivity contribution in [2.75, 3.05) is 0 Å². The van der Waals surface area contributed by atoms with Gasteiger partial charge >= 0.3 is 0 Å². The zero-order chi connectivity index (χ0) is 30.7. The van der Waals surface area contributed by atoms with Gasteiger partial charge in [0.05, 0.1) is 0 Å². The van der Waals surface area contributed by atoms with Crippen molar-refractivity contribution in [1.82, 2.24) is 0 Å². The molecule has 0 saturated heterocycles. The lowest BCUT2D eigenvalue weighted by Gasteiger charge is -2.23. The lowest BCUT2D eigenvalue weighted by Crippen LogP contribution is -2.25. The Morgan fingerprint density at radius 2 is 0.783 bits per heavy atom. The van der Waals surface area contributed by atoms with Crippen molar-refractivity contribution in [3.05, 3.63) is 176 Å². The van der Waals surface area contributed by atoms with Crippen molar-refractivity contribution >= 4 is 76.9 Å². The fourth-order valence-corrected chi connectivity index (χ4v) is 10.3. The molecule has 0 bridgehead atoms. The summed E-state index contributed by atoms with van der Waals surface area (Å²) in [6.45, 7) is 0. The molecule has 0 aliphatic heterocycles. The molecule has 0 aliphatic carbocycles. The third-order valence-corrected chi connectivity index (χ3v) is 12.6. The molecule has 0 radical (unpaired) electrons. The molecule has 46 heavy (non-hydrogen) atoms. The number of hydrogen-bond donors (Lipinski definition) is 0. The highest BCUT2D eigenvalue weighted by molar-refractivity contribution is 7.85. The van der Waals surface area contributed by atoms with E-state index < -0.39 is 7.14 Å². The lowest BCUT2D eigenvalue weighted by atomic mass is 9.86. The van der Waals surface area contributed by atoms with Crippen molar-refractivity contribution in [3.63, 3.8) is 0 Å². The summed E-state index contributed by atoms with van der Waals surface area (Å²) in [5, 5.41) is 14.5. The second-order valence-corrected chi connectivity index (χ2v) is 14.7. The highest BCUT2D eigenvalue weighted by atomic mass is 31.2. The maximum absolute atomic E-state index is 15.6. The van der Waals surface area contributed by atoms with E-state index in [1.54, 1.807) is 0 Å². The van der Waals surface area contributed by atoms with Crippen LogP contribution < -0.4 is 15.9 Å². The van der Waals surface area contributed by atoms with Crippen molar-refractivity contribution in [1.29, 1.82) is 0 Å². The predicted octanol–water partition coefficient (Wildman–Crippen LogP) is 10.8. The van der Waals surface area contributed by atoms with Crippen LogP contribution in [-0.4, -0.2) is 0 Å². The average molecular weight is 605 g/mol. The molecule has 1 nitrogen and oxygen atoms in total. The van der Waals surface area contributed by atoms with Crippen LogP contribution in [0.4, 0.5) is 0 Å². The second kappa shape index (κ2) is 10.6. The molecule has 0 amide bonds. The first-order valence-corrected chi connectivity index (χ1v) is 17.4. The summed E-state index contributed by atoms with van der Waals surface area (Å²) in [6, 6.07) is 61.5. The van der Waals surface area contributed by atoms with E-state index in [1.807, 2.05) is 60.7 Å². The molecule has 0 aliphatic rings. The van der Waals surface area contributed by atoms with Gasteiger partial charge < -0.3 is 4.57 Å². The fraction of sp³-hybridized carbons (Fsp3) is 0. The van der Waals surface area contributed by atoms with E-state index in [1.165, 1.54) is 48.7 Å². The first kappa shape index (κ1) is 26.9. The SMILES string of the molecule is O=P(c1ccccc1)(c1ccccc1)c1ccc(-c2c3ccc4ccccc4c3cc3c2ccc2ccccc23)c2ccccc12. The zero-order valence-electron chi connectivity index (χ0n) is 25.1. The van der Waals surface area contributed by atoms with E-state index in [2.05, 4.69) is 115 Å². The van der Waals surface area contributed by atoms with Crippen molar-refractivity contribution in [3.8, 4) is 11.1 Å². The van der Waals surface area contributed by atoms with Crippen LogP contribution in [0.1, 0.15) is 0 Å². The molecule has 0 saturated carbocycles. The van der Waals surface area contributed by atoms with Gasteiger partial charge in [0.25, 0.3) is 0 Å². The molecule has 9 aromatic carbocycles. The molecule has 0 atom stereocenters. The number of rotatable bonds is 4. The van der Waals surface area contributed by atoms with Crippen LogP contribution in [0.3, 0.4) is 0 Å². The van der Waals surface area contributed by atoms with Crippen LogP contribution >= 0.6 is 7.14 Å².